The third-order valence-corrected chi connectivity index (χ3v) is 5.42. The van der Waals surface area contributed by atoms with E-state index in [0.29, 0.717) is 28.8 Å². The summed E-state index contributed by atoms with van der Waals surface area (Å²) in [6.45, 7) is 0. The molecule has 0 bridgehead atoms. The Balaban J connectivity index is 1.60. The first-order valence-electron chi connectivity index (χ1n) is 11.5. The van der Waals surface area contributed by atoms with E-state index in [-0.39, 0.29) is 23.1 Å². The molecule has 0 saturated heterocycles. The van der Waals surface area contributed by atoms with Crippen LogP contribution in [-0.2, 0) is 17.2 Å². The molecule has 0 spiro atoms. The molecule has 1 heterocycles. The molecule has 0 saturated carbocycles. The Morgan fingerprint density at radius 2 is 1.41 bits per heavy atom. The lowest BCUT2D eigenvalue weighted by Gasteiger charge is -2.15. The lowest BCUT2D eigenvalue weighted by Crippen LogP contribution is -2.21. The molecule has 3 aromatic carbocycles. The van der Waals surface area contributed by atoms with Crippen LogP contribution in [0.1, 0.15) is 21.5 Å². The Bertz CT molecular complexity index is 1520. The Morgan fingerprint density at radius 3 is 1.95 bits per heavy atom. The summed E-state index contributed by atoms with van der Waals surface area (Å²) in [5, 5.41) is 19.1. The maximum absolute atomic E-state index is 13.1. The van der Waals surface area contributed by atoms with Crippen molar-refractivity contribution in [2.45, 2.75) is 12.4 Å². The summed E-state index contributed by atoms with van der Waals surface area (Å²) in [4.78, 5) is 29.7. The number of nitrogens with zero attached hydrogens (tertiary/aromatic N) is 4. The molecule has 0 aliphatic rings. The zero-order chi connectivity index (χ0) is 29.9. The van der Waals surface area contributed by atoms with Crippen molar-refractivity contribution in [3.8, 4) is 22.5 Å². The highest BCUT2D eigenvalue weighted by Crippen LogP contribution is 2.38. The van der Waals surface area contributed by atoms with Gasteiger partial charge in [-0.15, -0.1) is 10.2 Å². The maximum Gasteiger partial charge on any atom is 0.416 e. The molecular formula is C25H19F6N7O3. The van der Waals surface area contributed by atoms with Crippen molar-refractivity contribution >= 4 is 23.4 Å². The number of H-pyrrole nitrogens is 1. The average molecular weight is 579 g/mol. The largest absolute Gasteiger partial charge is 0.416 e. The minimum atomic E-state index is -5.07. The van der Waals surface area contributed by atoms with E-state index >= 15 is 0 Å². The summed E-state index contributed by atoms with van der Waals surface area (Å²) in [6.07, 6.45) is -10.1. The Kier molecular flexibility index (Phi) is 7.95. The van der Waals surface area contributed by atoms with Gasteiger partial charge in [-0.2, -0.15) is 26.3 Å². The maximum atomic E-state index is 13.1. The number of anilines is 2. The predicted molar refractivity (Wildman–Crippen MR) is 133 cm³/mol. The highest BCUT2D eigenvalue weighted by atomic mass is 19.4. The molecular weight excluding hydrogens is 560 g/mol. The SMILES string of the molecule is CN(C)OC(=O)c1ccc(-c2ccc(NC(=O)Nc3cc(C(F)(F)F)cc(C(F)(F)F)c3)cc2-c2nnn[nH]2)cc1. The smallest absolute Gasteiger partial charge is 0.364 e. The highest BCUT2D eigenvalue weighted by molar-refractivity contribution is 6.01. The predicted octanol–water partition coefficient (Wildman–Crippen LogP) is 5.85. The second-order valence-electron chi connectivity index (χ2n) is 8.65. The van der Waals surface area contributed by atoms with Crippen LogP contribution in [-0.4, -0.2) is 51.8 Å². The van der Waals surface area contributed by atoms with Gasteiger partial charge in [0.05, 0.1) is 16.7 Å². The molecule has 41 heavy (non-hydrogen) atoms. The van der Waals surface area contributed by atoms with E-state index in [4.69, 9.17) is 4.84 Å². The van der Waals surface area contributed by atoms with Crippen molar-refractivity contribution in [2.75, 3.05) is 24.7 Å². The van der Waals surface area contributed by atoms with Gasteiger partial charge < -0.3 is 15.5 Å². The molecule has 0 aliphatic carbocycles. The molecule has 0 radical (unpaired) electrons. The highest BCUT2D eigenvalue weighted by Gasteiger charge is 2.37. The first-order valence-corrected chi connectivity index (χ1v) is 11.5. The molecule has 0 fully saturated rings. The number of hydrogen-bond acceptors (Lipinski definition) is 7. The lowest BCUT2D eigenvalue weighted by atomic mass is 9.97. The average Bonchev–Trinajstić information content (AvgIpc) is 3.42. The molecule has 214 valence electrons. The molecule has 2 amide bonds. The number of carbonyl (C=O) groups is 2. The number of aromatic nitrogens is 4. The molecule has 10 nitrogen and oxygen atoms in total. The molecule has 4 rings (SSSR count). The van der Waals surface area contributed by atoms with Crippen LogP contribution in [0.5, 0.6) is 0 Å². The third kappa shape index (κ3) is 7.16. The second kappa shape index (κ2) is 11.2. The summed E-state index contributed by atoms with van der Waals surface area (Å²) in [5.41, 5.74) is -1.90. The first kappa shape index (κ1) is 29.0. The molecule has 0 atom stereocenters. The van der Waals surface area contributed by atoms with Crippen molar-refractivity contribution in [2.24, 2.45) is 0 Å². The number of halogens is 6. The van der Waals surface area contributed by atoms with Gasteiger partial charge in [-0.1, -0.05) is 18.2 Å². The van der Waals surface area contributed by atoms with E-state index < -0.39 is 41.2 Å². The van der Waals surface area contributed by atoms with Crippen molar-refractivity contribution < 1.29 is 40.8 Å². The number of tetrazole rings is 1. The standard InChI is InChI=1S/C25H19F6N7O3/c1-38(2)41-22(39)14-5-3-13(4-6-14)19-8-7-17(12-20(19)21-34-36-37-35-21)32-23(40)33-18-10-15(24(26,27)28)9-16(11-18)25(29,30)31/h3-12H,1-2H3,(H2,32,33,40)(H,34,35,36,37). The van der Waals surface area contributed by atoms with E-state index in [1.807, 2.05) is 5.32 Å². The number of rotatable bonds is 6. The summed E-state index contributed by atoms with van der Waals surface area (Å²) >= 11 is 0. The summed E-state index contributed by atoms with van der Waals surface area (Å²) in [6, 6.07) is 10.5. The van der Waals surface area contributed by atoms with Gasteiger partial charge >= 0.3 is 24.4 Å². The van der Waals surface area contributed by atoms with Crippen LogP contribution >= 0.6 is 0 Å². The Morgan fingerprint density at radius 1 is 0.805 bits per heavy atom. The fourth-order valence-corrected chi connectivity index (χ4v) is 3.67. The van der Waals surface area contributed by atoms with E-state index in [0.717, 1.165) is 0 Å². The van der Waals surface area contributed by atoms with Crippen LogP contribution in [0.4, 0.5) is 42.5 Å². The van der Waals surface area contributed by atoms with Gasteiger partial charge in [0, 0.05) is 31.0 Å². The number of benzene rings is 3. The zero-order valence-electron chi connectivity index (χ0n) is 21.1. The molecule has 3 N–H and O–H groups in total. The quantitative estimate of drug-likeness (QED) is 0.193. The van der Waals surface area contributed by atoms with Crippen LogP contribution in [0, 0.1) is 0 Å². The Hall–Kier alpha value is -4.99. The monoisotopic (exact) mass is 579 g/mol. The fourth-order valence-electron chi connectivity index (χ4n) is 3.67. The van der Waals surface area contributed by atoms with Crippen LogP contribution in [0.25, 0.3) is 22.5 Å². The van der Waals surface area contributed by atoms with Crippen LogP contribution < -0.4 is 10.6 Å². The van der Waals surface area contributed by atoms with Crippen LogP contribution in [0.3, 0.4) is 0 Å². The van der Waals surface area contributed by atoms with Gasteiger partial charge in [-0.3, -0.25) is 0 Å². The Labute approximate surface area is 227 Å². The van der Waals surface area contributed by atoms with E-state index in [1.54, 1.807) is 32.3 Å². The molecule has 4 aromatic rings. The van der Waals surface area contributed by atoms with Gasteiger partial charge in [0.2, 0.25) is 0 Å². The number of alkyl halides is 6. The topological polar surface area (TPSA) is 125 Å². The van der Waals surface area contributed by atoms with Gasteiger partial charge in [0.25, 0.3) is 0 Å². The van der Waals surface area contributed by atoms with Crippen molar-refractivity contribution in [3.63, 3.8) is 0 Å². The zero-order valence-corrected chi connectivity index (χ0v) is 21.1. The number of hydrogen-bond donors (Lipinski definition) is 3. The van der Waals surface area contributed by atoms with Gasteiger partial charge in [-0.05, 0) is 64.0 Å². The minimum absolute atomic E-state index is 0.0444. The molecule has 0 aliphatic heterocycles. The number of hydroxylamine groups is 2. The molecule has 16 heteroatoms. The number of amides is 2. The molecule has 0 unspecified atom stereocenters. The normalized spacial score (nSPS) is 11.8. The summed E-state index contributed by atoms with van der Waals surface area (Å²) in [5.74, 6) is -0.386. The van der Waals surface area contributed by atoms with E-state index in [2.05, 4.69) is 25.9 Å². The van der Waals surface area contributed by atoms with E-state index in [9.17, 15) is 35.9 Å². The van der Waals surface area contributed by atoms with Crippen molar-refractivity contribution in [1.82, 2.24) is 25.7 Å². The van der Waals surface area contributed by atoms with Gasteiger partial charge in [-0.25, -0.2) is 14.7 Å². The number of carbonyl (C=O) groups excluding carboxylic acids is 2. The number of nitrogens with one attached hydrogen (secondary N) is 3. The van der Waals surface area contributed by atoms with Gasteiger partial charge in [0.15, 0.2) is 5.82 Å². The van der Waals surface area contributed by atoms with E-state index in [1.165, 1.54) is 29.3 Å². The minimum Gasteiger partial charge on any atom is -0.364 e. The lowest BCUT2D eigenvalue weighted by molar-refractivity contribution is -0.143. The van der Waals surface area contributed by atoms with Crippen LogP contribution in [0.15, 0.2) is 60.7 Å². The number of urea groups is 1. The molecule has 1 aromatic heterocycles. The van der Waals surface area contributed by atoms with Crippen molar-refractivity contribution in [1.29, 1.82) is 0 Å². The number of aromatic amines is 1. The van der Waals surface area contributed by atoms with Crippen molar-refractivity contribution in [3.05, 3.63) is 77.4 Å². The van der Waals surface area contributed by atoms with Crippen LogP contribution in [0.2, 0.25) is 0 Å². The third-order valence-electron chi connectivity index (χ3n) is 5.42. The fraction of sp³-hybridized carbons (Fsp3) is 0.160. The second-order valence-corrected chi connectivity index (χ2v) is 8.65. The summed E-state index contributed by atoms with van der Waals surface area (Å²) < 4.78 is 78.9. The summed E-state index contributed by atoms with van der Waals surface area (Å²) in [7, 11) is 3.11. The first-order chi connectivity index (χ1) is 19.2. The van der Waals surface area contributed by atoms with Gasteiger partial charge in [0.1, 0.15) is 0 Å².